The summed E-state index contributed by atoms with van der Waals surface area (Å²) in [6.45, 7) is 1.66. The summed E-state index contributed by atoms with van der Waals surface area (Å²) >= 11 is 1.45. The van der Waals surface area contributed by atoms with E-state index in [1.54, 1.807) is 0 Å². The highest BCUT2D eigenvalue weighted by atomic mass is 32.1. The molecule has 0 aliphatic carbocycles. The number of carbonyl (C=O) groups is 1. The smallest absolute Gasteiger partial charge is 0.223 e. The lowest BCUT2D eigenvalue weighted by Crippen LogP contribution is -2.05. The van der Waals surface area contributed by atoms with E-state index in [1.807, 2.05) is 17.5 Å². The zero-order chi connectivity index (χ0) is 14.4. The Kier molecular flexibility index (Phi) is 5.26. The molecular formula is C15H18N2O2S. The van der Waals surface area contributed by atoms with Crippen LogP contribution >= 0.6 is 11.3 Å². The van der Waals surface area contributed by atoms with Crippen LogP contribution in [0, 0.1) is 0 Å². The number of nitrogens with one attached hydrogen (secondary N) is 1. The number of aliphatic hydroxyl groups is 1. The van der Waals surface area contributed by atoms with Crippen LogP contribution in [-0.4, -0.2) is 22.6 Å². The van der Waals surface area contributed by atoms with Gasteiger partial charge in [0.2, 0.25) is 5.91 Å². The fourth-order valence-electron chi connectivity index (χ4n) is 1.97. The highest BCUT2D eigenvalue weighted by Gasteiger charge is 2.04. The van der Waals surface area contributed by atoms with Crippen molar-refractivity contribution in [2.75, 3.05) is 11.9 Å². The molecule has 0 atom stereocenters. The van der Waals surface area contributed by atoms with Crippen LogP contribution in [0.2, 0.25) is 0 Å². The SMILES string of the molecule is CC(=O)Nc1nc(CCc2cccc(CCO)c2)cs1. The number of aromatic nitrogens is 1. The lowest BCUT2D eigenvalue weighted by atomic mass is 10.0. The molecule has 5 heteroatoms. The predicted octanol–water partition coefficient (Wildman–Crippen LogP) is 2.42. The molecule has 0 unspecified atom stereocenters. The minimum atomic E-state index is -0.0948. The molecule has 0 bridgehead atoms. The molecule has 0 aliphatic heterocycles. The molecule has 2 N–H and O–H groups in total. The number of benzene rings is 1. The van der Waals surface area contributed by atoms with Crippen LogP contribution in [0.15, 0.2) is 29.6 Å². The molecule has 2 aromatic rings. The molecule has 1 aromatic heterocycles. The van der Waals surface area contributed by atoms with Crippen molar-refractivity contribution in [1.29, 1.82) is 0 Å². The van der Waals surface area contributed by atoms with Gasteiger partial charge in [-0.2, -0.15) is 0 Å². The van der Waals surface area contributed by atoms with Gasteiger partial charge in [-0.15, -0.1) is 11.3 Å². The fourth-order valence-corrected chi connectivity index (χ4v) is 2.76. The van der Waals surface area contributed by atoms with Gasteiger partial charge < -0.3 is 10.4 Å². The first-order valence-corrected chi connectivity index (χ1v) is 7.46. The van der Waals surface area contributed by atoms with Crippen molar-refractivity contribution < 1.29 is 9.90 Å². The summed E-state index contributed by atoms with van der Waals surface area (Å²) in [7, 11) is 0. The van der Waals surface area contributed by atoms with Gasteiger partial charge >= 0.3 is 0 Å². The third-order valence-electron chi connectivity index (χ3n) is 2.90. The number of amides is 1. The number of anilines is 1. The predicted molar refractivity (Wildman–Crippen MR) is 81.1 cm³/mol. The van der Waals surface area contributed by atoms with Crippen LogP contribution < -0.4 is 5.32 Å². The molecular weight excluding hydrogens is 272 g/mol. The maximum absolute atomic E-state index is 10.9. The van der Waals surface area contributed by atoms with E-state index in [9.17, 15) is 4.79 Å². The first-order valence-electron chi connectivity index (χ1n) is 6.58. The van der Waals surface area contributed by atoms with Gasteiger partial charge in [-0.1, -0.05) is 24.3 Å². The van der Waals surface area contributed by atoms with Crippen LogP contribution in [0.5, 0.6) is 0 Å². The molecule has 0 spiro atoms. The molecule has 1 aromatic carbocycles. The highest BCUT2D eigenvalue weighted by Crippen LogP contribution is 2.17. The van der Waals surface area contributed by atoms with E-state index in [0.29, 0.717) is 11.6 Å². The molecule has 4 nitrogen and oxygen atoms in total. The van der Waals surface area contributed by atoms with E-state index in [1.165, 1.54) is 23.8 Å². The number of aryl methyl sites for hydroxylation is 2. The number of nitrogens with zero attached hydrogens (tertiary/aromatic N) is 1. The molecule has 0 radical (unpaired) electrons. The van der Waals surface area contributed by atoms with Gasteiger partial charge in [-0.05, 0) is 30.4 Å². The van der Waals surface area contributed by atoms with Crippen molar-refractivity contribution >= 4 is 22.4 Å². The lowest BCUT2D eigenvalue weighted by molar-refractivity contribution is -0.114. The standard InChI is InChI=1S/C15H18N2O2S/c1-11(19)16-15-17-14(10-20-15)6-5-12-3-2-4-13(9-12)7-8-18/h2-4,9-10,18H,5-8H2,1H3,(H,16,17,19). The van der Waals surface area contributed by atoms with Gasteiger partial charge in [0.25, 0.3) is 0 Å². The van der Waals surface area contributed by atoms with E-state index in [-0.39, 0.29) is 12.5 Å². The van der Waals surface area contributed by atoms with Crippen LogP contribution in [0.3, 0.4) is 0 Å². The molecule has 0 aliphatic rings. The Morgan fingerprint density at radius 2 is 2.05 bits per heavy atom. The minimum Gasteiger partial charge on any atom is -0.396 e. The van der Waals surface area contributed by atoms with Gasteiger partial charge in [0, 0.05) is 18.9 Å². The Morgan fingerprint density at radius 3 is 2.75 bits per heavy atom. The average Bonchev–Trinajstić information content (AvgIpc) is 2.84. The highest BCUT2D eigenvalue weighted by molar-refractivity contribution is 7.13. The number of hydrogen-bond donors (Lipinski definition) is 2. The molecule has 1 heterocycles. The van der Waals surface area contributed by atoms with E-state index < -0.39 is 0 Å². The summed E-state index contributed by atoms with van der Waals surface area (Å²) in [5.74, 6) is -0.0948. The zero-order valence-corrected chi connectivity index (χ0v) is 12.2. The number of rotatable bonds is 6. The molecule has 20 heavy (non-hydrogen) atoms. The Hall–Kier alpha value is -1.72. The molecule has 0 fully saturated rings. The minimum absolute atomic E-state index is 0.0948. The molecule has 0 saturated carbocycles. The lowest BCUT2D eigenvalue weighted by Gasteiger charge is -2.03. The molecule has 0 saturated heterocycles. The summed E-state index contributed by atoms with van der Waals surface area (Å²) < 4.78 is 0. The van der Waals surface area contributed by atoms with Crippen molar-refractivity contribution in [3.05, 3.63) is 46.5 Å². The summed E-state index contributed by atoms with van der Waals surface area (Å²) in [5, 5.41) is 14.3. The quantitative estimate of drug-likeness (QED) is 0.859. The number of thiazole rings is 1. The largest absolute Gasteiger partial charge is 0.396 e. The van der Waals surface area contributed by atoms with E-state index >= 15 is 0 Å². The first-order chi connectivity index (χ1) is 9.67. The van der Waals surface area contributed by atoms with Crippen molar-refractivity contribution in [3.8, 4) is 0 Å². The van der Waals surface area contributed by atoms with Gasteiger partial charge in [-0.3, -0.25) is 4.79 Å². The Morgan fingerprint density at radius 1 is 1.30 bits per heavy atom. The van der Waals surface area contributed by atoms with Gasteiger partial charge in [-0.25, -0.2) is 4.98 Å². The van der Waals surface area contributed by atoms with E-state index in [4.69, 9.17) is 5.11 Å². The number of carbonyl (C=O) groups excluding carboxylic acids is 1. The number of hydrogen-bond acceptors (Lipinski definition) is 4. The van der Waals surface area contributed by atoms with Crippen LogP contribution in [-0.2, 0) is 24.1 Å². The van der Waals surface area contributed by atoms with Crippen molar-refractivity contribution in [1.82, 2.24) is 4.98 Å². The van der Waals surface area contributed by atoms with E-state index in [2.05, 4.69) is 22.4 Å². The normalized spacial score (nSPS) is 10.5. The maximum Gasteiger partial charge on any atom is 0.223 e. The molecule has 106 valence electrons. The maximum atomic E-state index is 10.9. The van der Waals surface area contributed by atoms with Gasteiger partial charge in [0.1, 0.15) is 0 Å². The van der Waals surface area contributed by atoms with Crippen LogP contribution in [0.25, 0.3) is 0 Å². The van der Waals surface area contributed by atoms with Crippen molar-refractivity contribution in [2.24, 2.45) is 0 Å². The van der Waals surface area contributed by atoms with E-state index in [0.717, 1.165) is 24.1 Å². The van der Waals surface area contributed by atoms with Crippen molar-refractivity contribution in [3.63, 3.8) is 0 Å². The molecule has 1 amide bonds. The Labute approximate surface area is 122 Å². The Balaban J connectivity index is 1.92. The number of aliphatic hydroxyl groups excluding tert-OH is 1. The van der Waals surface area contributed by atoms with Gasteiger partial charge in [0.15, 0.2) is 5.13 Å². The first kappa shape index (κ1) is 14.7. The summed E-state index contributed by atoms with van der Waals surface area (Å²) in [5.41, 5.74) is 3.39. The van der Waals surface area contributed by atoms with Gasteiger partial charge in [0.05, 0.1) is 5.69 Å². The summed E-state index contributed by atoms with van der Waals surface area (Å²) in [6, 6.07) is 8.25. The second-order valence-corrected chi connectivity index (χ2v) is 5.48. The van der Waals surface area contributed by atoms with Crippen molar-refractivity contribution in [2.45, 2.75) is 26.2 Å². The second-order valence-electron chi connectivity index (χ2n) is 4.62. The summed E-state index contributed by atoms with van der Waals surface area (Å²) in [6.07, 6.45) is 2.44. The average molecular weight is 290 g/mol. The van der Waals surface area contributed by atoms with Crippen LogP contribution in [0.1, 0.15) is 23.7 Å². The fraction of sp³-hybridized carbons (Fsp3) is 0.333. The third-order valence-corrected chi connectivity index (χ3v) is 3.70. The zero-order valence-electron chi connectivity index (χ0n) is 11.4. The summed E-state index contributed by atoms with van der Waals surface area (Å²) in [4.78, 5) is 15.3. The van der Waals surface area contributed by atoms with Crippen LogP contribution in [0.4, 0.5) is 5.13 Å². The molecule has 2 rings (SSSR count). The second kappa shape index (κ2) is 7.17. The third kappa shape index (κ3) is 4.43. The Bertz CT molecular complexity index is 581. The topological polar surface area (TPSA) is 62.2 Å². The monoisotopic (exact) mass is 290 g/mol.